The zero-order chi connectivity index (χ0) is 14.5. The normalized spacial score (nSPS) is 9.85. The summed E-state index contributed by atoms with van der Waals surface area (Å²) in [5.41, 5.74) is -0.651. The number of carbonyl (C=O) groups excluding carboxylic acids is 1. The van der Waals surface area contributed by atoms with E-state index in [1.54, 1.807) is 30.3 Å². The molecule has 2 rings (SSSR count). The van der Waals surface area contributed by atoms with E-state index in [2.05, 4.69) is 5.32 Å². The van der Waals surface area contributed by atoms with Gasteiger partial charge in [0.25, 0.3) is 5.69 Å². The van der Waals surface area contributed by atoms with Crippen LogP contribution in [-0.2, 0) is 0 Å². The second-order valence-electron chi connectivity index (χ2n) is 3.75. The first kappa shape index (κ1) is 13.5. The lowest BCUT2D eigenvalue weighted by Gasteiger charge is -2.07. The monoisotopic (exact) mass is 276 g/mol. The highest BCUT2D eigenvalue weighted by molar-refractivity contribution is 5.86. The number of nitro groups is 1. The summed E-state index contributed by atoms with van der Waals surface area (Å²) < 4.78 is 18.3. The summed E-state index contributed by atoms with van der Waals surface area (Å²) in [6.07, 6.45) is -0.935. The molecule has 0 aliphatic carbocycles. The number of halogens is 1. The Morgan fingerprint density at radius 3 is 2.55 bits per heavy atom. The molecule has 0 unspecified atom stereocenters. The quantitative estimate of drug-likeness (QED) is 0.688. The van der Waals surface area contributed by atoms with E-state index in [0.717, 1.165) is 18.2 Å². The van der Waals surface area contributed by atoms with E-state index < -0.39 is 16.8 Å². The van der Waals surface area contributed by atoms with Crippen molar-refractivity contribution in [3.63, 3.8) is 0 Å². The molecule has 2 aromatic carbocycles. The Bertz CT molecular complexity index is 646. The van der Waals surface area contributed by atoms with E-state index in [1.807, 2.05) is 0 Å². The van der Waals surface area contributed by atoms with Crippen LogP contribution in [0.2, 0.25) is 0 Å². The number of nitrogens with zero attached hydrogens (tertiary/aromatic N) is 1. The predicted octanol–water partition coefficient (Wildman–Crippen LogP) is 3.34. The maximum atomic E-state index is 13.4. The number of hydrogen-bond acceptors (Lipinski definition) is 4. The molecule has 0 aliphatic rings. The first-order chi connectivity index (χ1) is 9.56. The van der Waals surface area contributed by atoms with Crippen LogP contribution in [0.25, 0.3) is 0 Å². The van der Waals surface area contributed by atoms with Crippen molar-refractivity contribution in [3.05, 3.63) is 64.5 Å². The third-order valence-electron chi connectivity index (χ3n) is 2.35. The van der Waals surface area contributed by atoms with E-state index in [-0.39, 0.29) is 17.1 Å². The zero-order valence-corrected chi connectivity index (χ0v) is 10.1. The Morgan fingerprint density at radius 2 is 1.90 bits per heavy atom. The van der Waals surface area contributed by atoms with Crippen LogP contribution in [0.3, 0.4) is 0 Å². The summed E-state index contributed by atoms with van der Waals surface area (Å²) in [5, 5.41) is 12.7. The van der Waals surface area contributed by atoms with Crippen LogP contribution in [0.5, 0.6) is 5.75 Å². The number of amides is 1. The molecule has 0 bridgehead atoms. The molecule has 0 atom stereocenters. The molecule has 0 fully saturated rings. The number of non-ortho nitro benzene ring substituents is 1. The number of rotatable bonds is 3. The summed E-state index contributed by atoms with van der Waals surface area (Å²) in [5.74, 6) is -0.517. The smallest absolute Gasteiger partial charge is 0.410 e. The molecule has 0 saturated carbocycles. The molecule has 2 aromatic rings. The number of para-hydroxylation sites is 1. The van der Waals surface area contributed by atoms with E-state index in [1.165, 1.54) is 0 Å². The number of hydrogen-bond donors (Lipinski definition) is 1. The first-order valence-electron chi connectivity index (χ1n) is 5.54. The molecule has 7 heteroatoms. The fourth-order valence-electron chi connectivity index (χ4n) is 1.45. The molecule has 0 aromatic heterocycles. The van der Waals surface area contributed by atoms with Gasteiger partial charge in [-0.15, -0.1) is 0 Å². The SMILES string of the molecule is O=C(Nc1cc([N+](=O)[O-])ccc1F)Oc1ccccc1. The van der Waals surface area contributed by atoms with Crippen LogP contribution in [0.15, 0.2) is 48.5 Å². The topological polar surface area (TPSA) is 81.5 Å². The molecular weight excluding hydrogens is 267 g/mol. The van der Waals surface area contributed by atoms with Crippen LogP contribution in [-0.4, -0.2) is 11.0 Å². The number of carbonyl (C=O) groups is 1. The lowest BCUT2D eigenvalue weighted by Crippen LogP contribution is -2.17. The molecule has 0 aliphatic heterocycles. The minimum absolute atomic E-state index is 0.274. The number of ether oxygens (including phenoxy) is 1. The first-order valence-corrected chi connectivity index (χ1v) is 5.54. The molecule has 0 heterocycles. The van der Waals surface area contributed by atoms with E-state index >= 15 is 0 Å². The van der Waals surface area contributed by atoms with E-state index in [9.17, 15) is 19.3 Å². The van der Waals surface area contributed by atoms with Gasteiger partial charge in [-0.1, -0.05) is 18.2 Å². The van der Waals surface area contributed by atoms with Crippen molar-refractivity contribution in [2.45, 2.75) is 0 Å². The fraction of sp³-hybridized carbons (Fsp3) is 0. The Balaban J connectivity index is 2.11. The molecule has 0 radical (unpaired) electrons. The van der Waals surface area contributed by atoms with Crippen LogP contribution in [0, 0.1) is 15.9 Å². The van der Waals surface area contributed by atoms with Gasteiger partial charge >= 0.3 is 6.09 Å². The highest BCUT2D eigenvalue weighted by Crippen LogP contribution is 2.21. The molecule has 102 valence electrons. The third kappa shape index (κ3) is 3.29. The number of nitrogens with one attached hydrogen (secondary N) is 1. The summed E-state index contributed by atoms with van der Waals surface area (Å²) in [6, 6.07) is 11.0. The standard InChI is InChI=1S/C13H9FN2O4/c14-11-7-6-9(16(18)19)8-12(11)15-13(17)20-10-4-2-1-3-5-10/h1-8H,(H,15,17). The Morgan fingerprint density at radius 1 is 1.20 bits per heavy atom. The predicted molar refractivity (Wildman–Crippen MR) is 69.1 cm³/mol. The van der Waals surface area contributed by atoms with Crippen LogP contribution >= 0.6 is 0 Å². The van der Waals surface area contributed by atoms with Gasteiger partial charge in [0.15, 0.2) is 0 Å². The highest BCUT2D eigenvalue weighted by atomic mass is 19.1. The van der Waals surface area contributed by atoms with Gasteiger partial charge in [-0.05, 0) is 18.2 Å². The Kier molecular flexibility index (Phi) is 3.90. The molecule has 0 spiro atoms. The van der Waals surface area contributed by atoms with Crippen molar-refractivity contribution in [2.24, 2.45) is 0 Å². The van der Waals surface area contributed by atoms with Crippen LogP contribution in [0.1, 0.15) is 0 Å². The maximum Gasteiger partial charge on any atom is 0.417 e. The summed E-state index contributed by atoms with van der Waals surface area (Å²) in [7, 11) is 0. The Labute approximate surface area is 112 Å². The summed E-state index contributed by atoms with van der Waals surface area (Å²) in [6.45, 7) is 0. The van der Waals surface area contributed by atoms with Crippen LogP contribution in [0.4, 0.5) is 20.6 Å². The lowest BCUT2D eigenvalue weighted by molar-refractivity contribution is -0.384. The highest BCUT2D eigenvalue weighted by Gasteiger charge is 2.14. The number of nitro benzene ring substituents is 1. The average molecular weight is 276 g/mol. The van der Waals surface area contributed by atoms with Gasteiger partial charge in [-0.2, -0.15) is 0 Å². The lowest BCUT2D eigenvalue weighted by atomic mass is 10.2. The second-order valence-corrected chi connectivity index (χ2v) is 3.75. The maximum absolute atomic E-state index is 13.4. The van der Waals surface area contributed by atoms with Crippen molar-refractivity contribution in [1.82, 2.24) is 0 Å². The van der Waals surface area contributed by atoms with Crippen LogP contribution < -0.4 is 10.1 Å². The molecule has 1 N–H and O–H groups in total. The Hall–Kier alpha value is -2.96. The van der Waals surface area contributed by atoms with Gasteiger partial charge in [-0.3, -0.25) is 15.4 Å². The zero-order valence-electron chi connectivity index (χ0n) is 10.1. The van der Waals surface area contributed by atoms with Crippen molar-refractivity contribution >= 4 is 17.5 Å². The summed E-state index contributed by atoms with van der Waals surface area (Å²) in [4.78, 5) is 21.4. The van der Waals surface area contributed by atoms with Gasteiger partial charge < -0.3 is 4.74 Å². The van der Waals surface area contributed by atoms with Crippen molar-refractivity contribution in [2.75, 3.05) is 5.32 Å². The average Bonchev–Trinajstić information content (AvgIpc) is 2.42. The van der Waals surface area contributed by atoms with Crippen molar-refractivity contribution in [3.8, 4) is 5.75 Å². The molecule has 20 heavy (non-hydrogen) atoms. The fourth-order valence-corrected chi connectivity index (χ4v) is 1.45. The molecular formula is C13H9FN2O4. The summed E-state index contributed by atoms with van der Waals surface area (Å²) >= 11 is 0. The van der Waals surface area contributed by atoms with Gasteiger partial charge in [0, 0.05) is 12.1 Å². The van der Waals surface area contributed by atoms with Crippen molar-refractivity contribution in [1.29, 1.82) is 0 Å². The van der Waals surface area contributed by atoms with E-state index in [0.29, 0.717) is 0 Å². The minimum Gasteiger partial charge on any atom is -0.410 e. The van der Waals surface area contributed by atoms with Gasteiger partial charge in [-0.25, -0.2) is 9.18 Å². The van der Waals surface area contributed by atoms with Gasteiger partial charge in [0.2, 0.25) is 0 Å². The van der Waals surface area contributed by atoms with E-state index in [4.69, 9.17) is 4.74 Å². The van der Waals surface area contributed by atoms with Gasteiger partial charge in [0.05, 0.1) is 10.6 Å². The molecule has 0 saturated heterocycles. The second kappa shape index (κ2) is 5.79. The van der Waals surface area contributed by atoms with Gasteiger partial charge in [0.1, 0.15) is 11.6 Å². The minimum atomic E-state index is -0.935. The number of anilines is 1. The molecule has 6 nitrogen and oxygen atoms in total. The third-order valence-corrected chi connectivity index (χ3v) is 2.35. The number of benzene rings is 2. The van der Waals surface area contributed by atoms with Crippen molar-refractivity contribution < 1.29 is 18.8 Å². The molecule has 1 amide bonds. The largest absolute Gasteiger partial charge is 0.417 e.